The van der Waals surface area contributed by atoms with Gasteiger partial charge < -0.3 is 10.1 Å². The van der Waals surface area contributed by atoms with E-state index in [2.05, 4.69) is 15.3 Å². The highest BCUT2D eigenvalue weighted by Crippen LogP contribution is 2.21. The molecule has 2 rings (SSSR count). The summed E-state index contributed by atoms with van der Waals surface area (Å²) in [4.78, 5) is 8.44. The van der Waals surface area contributed by atoms with Crippen molar-refractivity contribution in [3.8, 4) is 5.88 Å². The molecule has 1 N–H and O–H groups in total. The van der Waals surface area contributed by atoms with Crippen LogP contribution < -0.4 is 10.1 Å². The number of hydrogen-bond donors (Lipinski definition) is 1. The van der Waals surface area contributed by atoms with Crippen molar-refractivity contribution in [1.29, 1.82) is 0 Å². The van der Waals surface area contributed by atoms with Crippen molar-refractivity contribution in [1.82, 2.24) is 9.97 Å². The Morgan fingerprint density at radius 1 is 1.24 bits per heavy atom. The zero-order valence-electron chi connectivity index (χ0n) is 11.9. The van der Waals surface area contributed by atoms with Crippen LogP contribution in [0.1, 0.15) is 19.4 Å². The third-order valence-corrected chi connectivity index (χ3v) is 3.27. The van der Waals surface area contributed by atoms with Gasteiger partial charge in [-0.15, -0.1) is 0 Å². The molecule has 0 aliphatic heterocycles. The minimum atomic E-state index is 0.0839. The largest absolute Gasteiger partial charge is 0.475 e. The monoisotopic (exact) mass is 325 g/mol. The van der Waals surface area contributed by atoms with Crippen LogP contribution in [0.5, 0.6) is 5.88 Å². The summed E-state index contributed by atoms with van der Waals surface area (Å²) in [5.41, 5.74) is 1.03. The summed E-state index contributed by atoms with van der Waals surface area (Å²) in [6, 6.07) is 7.23. The number of anilines is 1. The lowest BCUT2D eigenvalue weighted by molar-refractivity contribution is 0.232. The fourth-order valence-corrected chi connectivity index (χ4v) is 2.27. The van der Waals surface area contributed by atoms with Crippen LogP contribution >= 0.6 is 23.2 Å². The van der Waals surface area contributed by atoms with E-state index in [4.69, 9.17) is 27.9 Å². The molecule has 0 saturated heterocycles. The van der Waals surface area contributed by atoms with E-state index in [9.17, 15) is 0 Å². The zero-order valence-corrected chi connectivity index (χ0v) is 13.4. The lowest BCUT2D eigenvalue weighted by Crippen LogP contribution is -2.11. The molecule has 0 bridgehead atoms. The van der Waals surface area contributed by atoms with Crippen LogP contribution in [0.4, 0.5) is 5.95 Å². The summed E-state index contributed by atoms with van der Waals surface area (Å²) >= 11 is 12.0. The predicted octanol–water partition coefficient (Wildman–Crippen LogP) is 4.23. The molecule has 1 aromatic heterocycles. The number of aromatic nitrogens is 2. The smallest absolute Gasteiger partial charge is 0.225 e. The fourth-order valence-electron chi connectivity index (χ4n) is 1.77. The fraction of sp³-hybridized carbons (Fsp3) is 0.333. The molecular weight excluding hydrogens is 309 g/mol. The molecule has 6 heteroatoms. The number of ether oxygens (including phenoxy) is 1. The van der Waals surface area contributed by atoms with Gasteiger partial charge in [0, 0.05) is 28.9 Å². The van der Waals surface area contributed by atoms with Gasteiger partial charge in [0.05, 0.1) is 6.10 Å². The van der Waals surface area contributed by atoms with E-state index in [0.717, 1.165) is 12.0 Å². The molecule has 0 saturated carbocycles. The van der Waals surface area contributed by atoms with Crippen molar-refractivity contribution in [3.63, 3.8) is 0 Å². The Labute approximate surface area is 134 Å². The van der Waals surface area contributed by atoms with Crippen LogP contribution in [-0.2, 0) is 6.42 Å². The maximum atomic E-state index is 6.13. The molecule has 4 nitrogen and oxygen atoms in total. The molecule has 21 heavy (non-hydrogen) atoms. The van der Waals surface area contributed by atoms with Gasteiger partial charge in [-0.3, -0.25) is 0 Å². The van der Waals surface area contributed by atoms with Crippen LogP contribution in [0.3, 0.4) is 0 Å². The molecule has 0 spiro atoms. The molecule has 2 aromatic rings. The van der Waals surface area contributed by atoms with Gasteiger partial charge in [-0.1, -0.05) is 29.3 Å². The molecule has 0 radical (unpaired) electrons. The van der Waals surface area contributed by atoms with E-state index < -0.39 is 0 Å². The first kappa shape index (κ1) is 15.9. The Balaban J connectivity index is 1.91. The lowest BCUT2D eigenvalue weighted by Gasteiger charge is -2.10. The maximum absolute atomic E-state index is 6.13. The van der Waals surface area contributed by atoms with E-state index >= 15 is 0 Å². The van der Waals surface area contributed by atoms with E-state index in [1.54, 1.807) is 18.3 Å². The average Bonchev–Trinajstić information content (AvgIpc) is 2.41. The maximum Gasteiger partial charge on any atom is 0.225 e. The summed E-state index contributed by atoms with van der Waals surface area (Å²) in [5.74, 6) is 1.10. The number of hydrogen-bond acceptors (Lipinski definition) is 4. The van der Waals surface area contributed by atoms with E-state index in [1.807, 2.05) is 26.0 Å². The van der Waals surface area contributed by atoms with Crippen molar-refractivity contribution in [2.24, 2.45) is 0 Å². The van der Waals surface area contributed by atoms with E-state index in [1.165, 1.54) is 0 Å². The highest BCUT2D eigenvalue weighted by molar-refractivity contribution is 6.35. The highest BCUT2D eigenvalue weighted by atomic mass is 35.5. The topological polar surface area (TPSA) is 47.0 Å². The van der Waals surface area contributed by atoms with Gasteiger partial charge in [0.2, 0.25) is 11.8 Å². The zero-order chi connectivity index (χ0) is 15.2. The van der Waals surface area contributed by atoms with Crippen LogP contribution in [0.15, 0.2) is 30.5 Å². The Bertz CT molecular complexity index is 605. The van der Waals surface area contributed by atoms with E-state index in [-0.39, 0.29) is 6.10 Å². The Morgan fingerprint density at radius 2 is 2.05 bits per heavy atom. The second-order valence-corrected chi connectivity index (χ2v) is 5.64. The summed E-state index contributed by atoms with van der Waals surface area (Å²) < 4.78 is 5.52. The first-order chi connectivity index (χ1) is 10.0. The van der Waals surface area contributed by atoms with Crippen LogP contribution in [-0.4, -0.2) is 22.6 Å². The standard InChI is InChI=1S/C15H17Cl2N3O/c1-10(2)21-14-6-8-19-15(20-14)18-7-5-11-3-4-12(16)9-13(11)17/h3-4,6,8-10H,5,7H2,1-2H3,(H,18,19,20). The molecule has 0 amide bonds. The number of nitrogens with one attached hydrogen (secondary N) is 1. The Morgan fingerprint density at radius 3 is 2.76 bits per heavy atom. The Hall–Kier alpha value is -1.52. The highest BCUT2D eigenvalue weighted by Gasteiger charge is 2.04. The Kier molecular flexibility index (Phi) is 5.65. The van der Waals surface area contributed by atoms with Gasteiger partial charge in [-0.2, -0.15) is 4.98 Å². The van der Waals surface area contributed by atoms with Crippen molar-refractivity contribution in [3.05, 3.63) is 46.1 Å². The molecule has 0 fully saturated rings. The van der Waals surface area contributed by atoms with Gasteiger partial charge >= 0.3 is 0 Å². The quantitative estimate of drug-likeness (QED) is 0.863. The minimum Gasteiger partial charge on any atom is -0.475 e. The predicted molar refractivity (Wildman–Crippen MR) is 86.5 cm³/mol. The van der Waals surface area contributed by atoms with Gasteiger partial charge in [-0.25, -0.2) is 4.98 Å². The summed E-state index contributed by atoms with van der Waals surface area (Å²) in [6.07, 6.45) is 2.51. The summed E-state index contributed by atoms with van der Waals surface area (Å²) in [6.45, 7) is 4.59. The van der Waals surface area contributed by atoms with Crippen LogP contribution in [0.2, 0.25) is 10.0 Å². The minimum absolute atomic E-state index is 0.0839. The van der Waals surface area contributed by atoms with Gasteiger partial charge in [0.1, 0.15) is 0 Å². The van der Waals surface area contributed by atoms with Gasteiger partial charge in [-0.05, 0) is 38.0 Å². The number of nitrogens with zero attached hydrogens (tertiary/aromatic N) is 2. The summed E-state index contributed by atoms with van der Waals surface area (Å²) in [5, 5.41) is 4.46. The normalized spacial score (nSPS) is 10.7. The third kappa shape index (κ3) is 5.06. The third-order valence-electron chi connectivity index (χ3n) is 2.68. The molecular formula is C15H17Cl2N3O. The van der Waals surface area contributed by atoms with Crippen molar-refractivity contribution in [2.75, 3.05) is 11.9 Å². The van der Waals surface area contributed by atoms with Crippen LogP contribution in [0.25, 0.3) is 0 Å². The molecule has 0 unspecified atom stereocenters. The van der Waals surface area contributed by atoms with Gasteiger partial charge in [0.25, 0.3) is 0 Å². The molecule has 0 atom stereocenters. The van der Waals surface area contributed by atoms with Crippen molar-refractivity contribution >= 4 is 29.2 Å². The van der Waals surface area contributed by atoms with Crippen molar-refractivity contribution in [2.45, 2.75) is 26.4 Å². The SMILES string of the molecule is CC(C)Oc1ccnc(NCCc2ccc(Cl)cc2Cl)n1. The molecule has 1 aromatic carbocycles. The van der Waals surface area contributed by atoms with Crippen molar-refractivity contribution < 1.29 is 4.74 Å². The second-order valence-electron chi connectivity index (χ2n) is 4.80. The summed E-state index contributed by atoms with van der Waals surface area (Å²) in [7, 11) is 0. The molecule has 0 aliphatic carbocycles. The molecule has 112 valence electrons. The lowest BCUT2D eigenvalue weighted by atomic mass is 10.1. The van der Waals surface area contributed by atoms with Crippen LogP contribution in [0, 0.1) is 0 Å². The number of rotatable bonds is 6. The number of benzene rings is 1. The van der Waals surface area contributed by atoms with Gasteiger partial charge in [0.15, 0.2) is 0 Å². The first-order valence-corrected chi connectivity index (χ1v) is 7.47. The molecule has 0 aliphatic rings. The average molecular weight is 326 g/mol. The first-order valence-electron chi connectivity index (χ1n) is 6.72. The molecule has 1 heterocycles. The number of halogens is 2. The van der Waals surface area contributed by atoms with E-state index in [0.29, 0.717) is 28.4 Å². The second kappa shape index (κ2) is 7.48.